The molecule has 1 unspecified atom stereocenters. The van der Waals surface area contributed by atoms with Crippen molar-refractivity contribution in [2.24, 2.45) is 11.3 Å². The maximum atomic E-state index is 14.7. The predicted molar refractivity (Wildman–Crippen MR) is 142 cm³/mol. The van der Waals surface area contributed by atoms with Gasteiger partial charge < -0.3 is 15.6 Å². The summed E-state index contributed by atoms with van der Waals surface area (Å²) in [6.45, 7) is -0.538. The van der Waals surface area contributed by atoms with E-state index < -0.39 is 59.5 Å². The molecule has 1 aromatic heterocycles. The van der Waals surface area contributed by atoms with Crippen molar-refractivity contribution in [3.63, 3.8) is 0 Å². The molecule has 2 heterocycles. The summed E-state index contributed by atoms with van der Waals surface area (Å²) in [6, 6.07) is 7.71. The van der Waals surface area contributed by atoms with Crippen LogP contribution in [0.3, 0.4) is 0 Å². The van der Waals surface area contributed by atoms with Crippen LogP contribution in [0.1, 0.15) is 65.8 Å². The summed E-state index contributed by atoms with van der Waals surface area (Å²) >= 11 is 0. The molecule has 42 heavy (non-hydrogen) atoms. The summed E-state index contributed by atoms with van der Waals surface area (Å²) in [5.74, 6) is -0.698. The van der Waals surface area contributed by atoms with Crippen molar-refractivity contribution in [2.45, 2.75) is 63.6 Å². The van der Waals surface area contributed by atoms with E-state index in [0.717, 1.165) is 12.8 Å². The van der Waals surface area contributed by atoms with Crippen LogP contribution in [0.2, 0.25) is 0 Å². The van der Waals surface area contributed by atoms with Crippen LogP contribution in [-0.4, -0.2) is 24.0 Å². The zero-order valence-electron chi connectivity index (χ0n) is 22.5. The van der Waals surface area contributed by atoms with Gasteiger partial charge in [-0.15, -0.1) is 0 Å². The Hall–Kier alpha value is -3.41. The fourth-order valence-electron chi connectivity index (χ4n) is 6.19. The molecule has 5 rings (SSSR count). The van der Waals surface area contributed by atoms with Crippen molar-refractivity contribution in [2.75, 3.05) is 13.1 Å². The number of aromatic amines is 1. The standard InChI is InChI=1S/C30H30F7N3O2/c31-15-23-22(5-3-19-4-6-25(41)40-26(19)23)24(13-17-1-2-17)28(7-9-38-10-8-28)27(42)39-16-18-11-20(29(32,33)34)14-21(12-18)30(35,36)37/h3-6,11-12,14,17,24,38H,1-2,7-10,13,15-16H2,(H,39,42)(H,40,41). The Morgan fingerprint density at radius 3 is 2.14 bits per heavy atom. The summed E-state index contributed by atoms with van der Waals surface area (Å²) in [7, 11) is 0. The number of halogens is 7. The number of piperidine rings is 1. The van der Waals surface area contributed by atoms with E-state index in [1.165, 1.54) is 6.07 Å². The molecular formula is C30H30F7N3O2. The number of carbonyl (C=O) groups excluding carboxylic acids is 1. The zero-order valence-corrected chi connectivity index (χ0v) is 22.5. The number of carbonyl (C=O) groups is 1. The number of rotatable bonds is 8. The molecule has 1 aliphatic heterocycles. The number of alkyl halides is 7. The van der Waals surface area contributed by atoms with Crippen molar-refractivity contribution >= 4 is 16.8 Å². The second-order valence-corrected chi connectivity index (χ2v) is 11.3. The third-order valence-corrected chi connectivity index (χ3v) is 8.53. The Balaban J connectivity index is 1.54. The molecular weight excluding hydrogens is 567 g/mol. The maximum absolute atomic E-state index is 14.7. The molecule has 2 aliphatic rings. The first-order valence-corrected chi connectivity index (χ1v) is 13.8. The van der Waals surface area contributed by atoms with Crippen molar-refractivity contribution in [1.82, 2.24) is 15.6 Å². The van der Waals surface area contributed by atoms with Gasteiger partial charge in [-0.25, -0.2) is 4.39 Å². The molecule has 0 spiro atoms. The highest BCUT2D eigenvalue weighted by Crippen LogP contribution is 2.52. The molecule has 0 bridgehead atoms. The van der Waals surface area contributed by atoms with E-state index in [-0.39, 0.29) is 17.2 Å². The van der Waals surface area contributed by atoms with Crippen LogP contribution >= 0.6 is 0 Å². The van der Waals surface area contributed by atoms with E-state index in [2.05, 4.69) is 15.6 Å². The van der Waals surface area contributed by atoms with Gasteiger partial charge in [-0.2, -0.15) is 26.3 Å². The van der Waals surface area contributed by atoms with Crippen LogP contribution in [0.5, 0.6) is 0 Å². The van der Waals surface area contributed by atoms with Crippen LogP contribution in [0, 0.1) is 11.3 Å². The molecule has 2 fully saturated rings. The lowest BCUT2D eigenvalue weighted by Gasteiger charge is -2.43. The number of aromatic nitrogens is 1. The predicted octanol–water partition coefficient (Wildman–Crippen LogP) is 6.61. The maximum Gasteiger partial charge on any atom is 0.416 e. The largest absolute Gasteiger partial charge is 0.416 e. The molecule has 3 aromatic rings. The number of nitrogens with one attached hydrogen (secondary N) is 3. The molecule has 1 saturated heterocycles. The Morgan fingerprint density at radius 1 is 0.952 bits per heavy atom. The first kappa shape index (κ1) is 30.1. The molecule has 1 aliphatic carbocycles. The second kappa shape index (κ2) is 11.3. The third-order valence-electron chi connectivity index (χ3n) is 8.53. The van der Waals surface area contributed by atoms with Crippen molar-refractivity contribution in [1.29, 1.82) is 0 Å². The van der Waals surface area contributed by atoms with E-state index in [1.54, 1.807) is 18.2 Å². The van der Waals surface area contributed by atoms with Crippen LogP contribution in [0.15, 0.2) is 47.3 Å². The molecule has 12 heteroatoms. The molecule has 0 radical (unpaired) electrons. The highest BCUT2D eigenvalue weighted by molar-refractivity contribution is 5.86. The molecule has 5 nitrogen and oxygen atoms in total. The minimum atomic E-state index is -5.01. The molecule has 2 aromatic carbocycles. The quantitative estimate of drug-likeness (QED) is 0.256. The van der Waals surface area contributed by atoms with Gasteiger partial charge in [0.15, 0.2) is 0 Å². The first-order chi connectivity index (χ1) is 19.8. The van der Waals surface area contributed by atoms with Crippen LogP contribution in [-0.2, 0) is 30.4 Å². The van der Waals surface area contributed by atoms with E-state index in [1.807, 2.05) is 0 Å². The number of benzene rings is 2. The summed E-state index contributed by atoms with van der Waals surface area (Å²) in [5.41, 5.74) is -3.55. The molecule has 1 amide bonds. The monoisotopic (exact) mass is 597 g/mol. The van der Waals surface area contributed by atoms with Gasteiger partial charge in [0.25, 0.3) is 0 Å². The van der Waals surface area contributed by atoms with Gasteiger partial charge in [0.05, 0.1) is 22.1 Å². The molecule has 1 saturated carbocycles. The Bertz CT molecular complexity index is 1490. The fourth-order valence-corrected chi connectivity index (χ4v) is 6.19. The van der Waals surface area contributed by atoms with Gasteiger partial charge in [-0.3, -0.25) is 9.59 Å². The lowest BCUT2D eigenvalue weighted by Crippen LogP contribution is -2.51. The van der Waals surface area contributed by atoms with Crippen LogP contribution in [0.25, 0.3) is 10.9 Å². The topological polar surface area (TPSA) is 74.0 Å². The van der Waals surface area contributed by atoms with Gasteiger partial charge in [-0.1, -0.05) is 25.0 Å². The Labute approximate surface area is 236 Å². The average molecular weight is 598 g/mol. The number of H-pyrrole nitrogens is 1. The third kappa shape index (κ3) is 6.18. The fraction of sp³-hybridized carbons (Fsp3) is 0.467. The number of hydrogen-bond donors (Lipinski definition) is 3. The molecule has 226 valence electrons. The van der Waals surface area contributed by atoms with Crippen molar-refractivity contribution < 1.29 is 35.5 Å². The van der Waals surface area contributed by atoms with Gasteiger partial charge in [0.1, 0.15) is 6.67 Å². The lowest BCUT2D eigenvalue weighted by molar-refractivity contribution is -0.143. The summed E-state index contributed by atoms with van der Waals surface area (Å²) in [4.78, 5) is 28.9. The highest BCUT2D eigenvalue weighted by Gasteiger charge is 2.49. The molecule has 3 N–H and O–H groups in total. The van der Waals surface area contributed by atoms with Crippen LogP contribution in [0.4, 0.5) is 30.7 Å². The van der Waals surface area contributed by atoms with E-state index in [4.69, 9.17) is 0 Å². The van der Waals surface area contributed by atoms with Crippen LogP contribution < -0.4 is 16.2 Å². The minimum Gasteiger partial charge on any atom is -0.352 e. The lowest BCUT2D eigenvalue weighted by atomic mass is 9.63. The minimum absolute atomic E-state index is 0.0494. The second-order valence-electron chi connectivity index (χ2n) is 11.3. The van der Waals surface area contributed by atoms with Crippen molar-refractivity contribution in [3.8, 4) is 0 Å². The van der Waals surface area contributed by atoms with Gasteiger partial charge in [-0.05, 0) is 85.0 Å². The Kier molecular flexibility index (Phi) is 8.12. The summed E-state index contributed by atoms with van der Waals surface area (Å²) < 4.78 is 95.1. The first-order valence-electron chi connectivity index (χ1n) is 13.8. The normalized spacial score (nSPS) is 18.2. The summed E-state index contributed by atoms with van der Waals surface area (Å²) in [5, 5.41) is 6.48. The number of fused-ring (bicyclic) bond motifs is 1. The van der Waals surface area contributed by atoms with Gasteiger partial charge in [0.2, 0.25) is 11.5 Å². The van der Waals surface area contributed by atoms with Gasteiger partial charge in [0, 0.05) is 18.2 Å². The van der Waals surface area contributed by atoms with E-state index >= 15 is 0 Å². The smallest absolute Gasteiger partial charge is 0.352 e. The number of amides is 1. The Morgan fingerprint density at radius 2 is 1.57 bits per heavy atom. The highest BCUT2D eigenvalue weighted by atomic mass is 19.4. The molecule has 1 atom stereocenters. The zero-order chi connectivity index (χ0) is 30.3. The summed E-state index contributed by atoms with van der Waals surface area (Å²) in [6.07, 6.45) is -6.91. The van der Waals surface area contributed by atoms with E-state index in [0.29, 0.717) is 66.9 Å². The number of hydrogen-bond acceptors (Lipinski definition) is 3. The van der Waals surface area contributed by atoms with E-state index in [9.17, 15) is 40.3 Å². The SMILES string of the molecule is O=C(NCc1cc(C(F)(F)F)cc(C(F)(F)F)c1)C1(C(CC2CC2)c2ccc3ccc(=O)[nH]c3c2CF)CCNCC1. The van der Waals surface area contributed by atoms with Gasteiger partial charge >= 0.3 is 12.4 Å². The van der Waals surface area contributed by atoms with Crippen molar-refractivity contribution in [3.05, 3.63) is 80.6 Å². The average Bonchev–Trinajstić information content (AvgIpc) is 3.77. The number of pyridine rings is 1.